The van der Waals surface area contributed by atoms with Crippen LogP contribution in [0.15, 0.2) is 34.9 Å². The van der Waals surface area contributed by atoms with E-state index in [9.17, 15) is 9.59 Å². The molecule has 1 amide bonds. The SMILES string of the molecule is CCOc1cc(N2CCOCC2)c(OCC)cc1NC(=O)COC(=O)CSc1ncnc2sccc12. The molecular weight excluding hydrogens is 504 g/mol. The number of esters is 1. The van der Waals surface area contributed by atoms with Gasteiger partial charge in [-0.15, -0.1) is 11.3 Å². The third-order valence-corrected chi connectivity index (χ3v) is 7.00. The molecule has 1 fully saturated rings. The number of amides is 1. The fraction of sp³-hybridized carbons (Fsp3) is 0.417. The zero-order valence-electron chi connectivity index (χ0n) is 20.2. The Hall–Kier alpha value is -3.09. The van der Waals surface area contributed by atoms with Crippen molar-refractivity contribution in [3.05, 3.63) is 29.9 Å². The van der Waals surface area contributed by atoms with Gasteiger partial charge in [0, 0.05) is 30.6 Å². The molecule has 4 rings (SSSR count). The van der Waals surface area contributed by atoms with Crippen LogP contribution in [0.1, 0.15) is 13.8 Å². The fourth-order valence-electron chi connectivity index (χ4n) is 3.63. The van der Waals surface area contributed by atoms with Crippen LogP contribution in [0.25, 0.3) is 10.2 Å². The summed E-state index contributed by atoms with van der Waals surface area (Å²) in [4.78, 5) is 36.3. The van der Waals surface area contributed by atoms with Crippen molar-refractivity contribution in [2.75, 3.05) is 62.1 Å². The summed E-state index contributed by atoms with van der Waals surface area (Å²) in [6.45, 7) is 6.98. The lowest BCUT2D eigenvalue weighted by atomic mass is 10.2. The van der Waals surface area contributed by atoms with Gasteiger partial charge in [-0.05, 0) is 25.3 Å². The molecule has 36 heavy (non-hydrogen) atoms. The molecule has 1 aliphatic rings. The van der Waals surface area contributed by atoms with Crippen molar-refractivity contribution in [1.82, 2.24) is 9.97 Å². The van der Waals surface area contributed by atoms with Gasteiger partial charge in [0.05, 0.1) is 43.6 Å². The number of thioether (sulfide) groups is 1. The number of thiophene rings is 1. The number of aromatic nitrogens is 2. The molecule has 192 valence electrons. The highest BCUT2D eigenvalue weighted by Crippen LogP contribution is 2.39. The number of carbonyl (C=O) groups excluding carboxylic acids is 2. The van der Waals surface area contributed by atoms with E-state index in [2.05, 4.69) is 20.2 Å². The summed E-state index contributed by atoms with van der Waals surface area (Å²) in [5, 5.41) is 6.30. The quantitative estimate of drug-likeness (QED) is 0.223. The van der Waals surface area contributed by atoms with Crippen LogP contribution < -0.4 is 19.7 Å². The van der Waals surface area contributed by atoms with Gasteiger partial charge in [0.25, 0.3) is 5.91 Å². The van der Waals surface area contributed by atoms with Gasteiger partial charge in [0.1, 0.15) is 27.7 Å². The van der Waals surface area contributed by atoms with Crippen molar-refractivity contribution in [1.29, 1.82) is 0 Å². The summed E-state index contributed by atoms with van der Waals surface area (Å²) in [5.41, 5.74) is 1.34. The van der Waals surface area contributed by atoms with Crippen LogP contribution in [-0.2, 0) is 19.1 Å². The minimum absolute atomic E-state index is 0.0299. The maximum atomic E-state index is 12.6. The molecule has 1 aromatic carbocycles. The Morgan fingerprint density at radius 3 is 2.69 bits per heavy atom. The van der Waals surface area contributed by atoms with Gasteiger partial charge in [-0.2, -0.15) is 0 Å². The predicted molar refractivity (Wildman–Crippen MR) is 140 cm³/mol. The molecule has 10 nitrogen and oxygen atoms in total. The number of ether oxygens (including phenoxy) is 4. The molecule has 0 aliphatic carbocycles. The van der Waals surface area contributed by atoms with E-state index in [4.69, 9.17) is 18.9 Å². The highest BCUT2D eigenvalue weighted by atomic mass is 32.2. The van der Waals surface area contributed by atoms with Crippen molar-refractivity contribution < 1.29 is 28.5 Å². The molecule has 2 aromatic heterocycles. The van der Waals surface area contributed by atoms with Crippen molar-refractivity contribution in [2.24, 2.45) is 0 Å². The predicted octanol–water partition coefficient (Wildman–Crippen LogP) is 3.60. The molecule has 3 heterocycles. The molecule has 0 radical (unpaired) electrons. The van der Waals surface area contributed by atoms with Crippen LogP contribution >= 0.6 is 23.1 Å². The van der Waals surface area contributed by atoms with Crippen molar-refractivity contribution in [3.63, 3.8) is 0 Å². The summed E-state index contributed by atoms with van der Waals surface area (Å²) in [6.07, 6.45) is 1.47. The number of nitrogens with one attached hydrogen (secondary N) is 1. The number of rotatable bonds is 11. The molecule has 0 saturated carbocycles. The average Bonchev–Trinajstić information content (AvgIpc) is 3.38. The van der Waals surface area contributed by atoms with E-state index >= 15 is 0 Å². The lowest BCUT2D eigenvalue weighted by Gasteiger charge is -2.31. The van der Waals surface area contributed by atoms with E-state index in [0.29, 0.717) is 48.6 Å². The molecule has 12 heteroatoms. The minimum Gasteiger partial charge on any atom is -0.492 e. The highest BCUT2D eigenvalue weighted by Gasteiger charge is 2.21. The molecule has 0 unspecified atom stereocenters. The molecule has 1 saturated heterocycles. The zero-order chi connectivity index (χ0) is 25.3. The summed E-state index contributed by atoms with van der Waals surface area (Å²) >= 11 is 2.76. The first-order valence-electron chi connectivity index (χ1n) is 11.6. The number of nitrogens with zero attached hydrogens (tertiary/aromatic N) is 3. The Balaban J connectivity index is 1.37. The molecular formula is C24H28N4O6S2. The van der Waals surface area contributed by atoms with Gasteiger partial charge < -0.3 is 29.2 Å². The average molecular weight is 533 g/mol. The van der Waals surface area contributed by atoms with Gasteiger partial charge in [-0.1, -0.05) is 11.8 Å². The summed E-state index contributed by atoms with van der Waals surface area (Å²) in [7, 11) is 0. The lowest BCUT2D eigenvalue weighted by Crippen LogP contribution is -2.36. The number of carbonyl (C=O) groups is 2. The monoisotopic (exact) mass is 532 g/mol. The van der Waals surface area contributed by atoms with Crippen LogP contribution in [0.2, 0.25) is 0 Å². The van der Waals surface area contributed by atoms with Crippen LogP contribution in [0.4, 0.5) is 11.4 Å². The summed E-state index contributed by atoms with van der Waals surface area (Å²) in [6, 6.07) is 5.53. The number of fused-ring (bicyclic) bond motifs is 1. The topological polar surface area (TPSA) is 112 Å². The van der Waals surface area contributed by atoms with Crippen molar-refractivity contribution >= 4 is 56.6 Å². The largest absolute Gasteiger partial charge is 0.492 e. The minimum atomic E-state index is -0.514. The third-order valence-electron chi connectivity index (χ3n) is 5.20. The van der Waals surface area contributed by atoms with Gasteiger partial charge in [0.2, 0.25) is 0 Å². The van der Waals surface area contributed by atoms with Crippen LogP contribution in [0.5, 0.6) is 11.5 Å². The first-order chi connectivity index (χ1) is 17.6. The summed E-state index contributed by atoms with van der Waals surface area (Å²) in [5.74, 6) is 0.192. The standard InChI is InChI=1S/C24H28N4O6S2/c1-3-32-19-12-18(28-6-8-31-9-7-28)20(33-4-2)11-17(19)27-21(29)13-34-22(30)14-36-24-16-5-10-35-23(16)25-15-26-24/h5,10-12,15H,3-4,6-9,13-14H2,1-2H3,(H,27,29). The molecule has 0 bridgehead atoms. The first-order valence-corrected chi connectivity index (χ1v) is 13.5. The molecule has 0 atom stereocenters. The van der Waals surface area contributed by atoms with E-state index < -0.39 is 18.5 Å². The second-order valence-electron chi connectivity index (χ2n) is 7.60. The van der Waals surface area contributed by atoms with Crippen molar-refractivity contribution in [2.45, 2.75) is 18.9 Å². The zero-order valence-corrected chi connectivity index (χ0v) is 21.8. The second kappa shape index (κ2) is 12.7. The number of anilines is 2. The van der Waals surface area contributed by atoms with E-state index in [0.717, 1.165) is 29.0 Å². The fourth-order valence-corrected chi connectivity index (χ4v) is 5.21. The van der Waals surface area contributed by atoms with Gasteiger partial charge in [-0.3, -0.25) is 9.59 Å². The molecule has 3 aromatic rings. The van der Waals surface area contributed by atoms with Gasteiger partial charge in [-0.25, -0.2) is 9.97 Å². The molecule has 0 spiro atoms. The van der Waals surface area contributed by atoms with Crippen LogP contribution in [0.3, 0.4) is 0 Å². The highest BCUT2D eigenvalue weighted by molar-refractivity contribution is 8.00. The maximum Gasteiger partial charge on any atom is 0.316 e. The summed E-state index contributed by atoms with van der Waals surface area (Å²) < 4.78 is 22.3. The van der Waals surface area contributed by atoms with E-state index in [1.54, 1.807) is 6.07 Å². The molecule has 1 aliphatic heterocycles. The number of hydrogen-bond acceptors (Lipinski definition) is 11. The number of benzene rings is 1. The third kappa shape index (κ3) is 6.56. The van der Waals surface area contributed by atoms with Gasteiger partial charge >= 0.3 is 5.97 Å². The Morgan fingerprint density at radius 2 is 1.92 bits per heavy atom. The Labute approximate surface area is 217 Å². The smallest absolute Gasteiger partial charge is 0.316 e. The first kappa shape index (κ1) is 26.0. The Morgan fingerprint density at radius 1 is 1.14 bits per heavy atom. The lowest BCUT2D eigenvalue weighted by molar-refractivity contribution is -0.144. The second-order valence-corrected chi connectivity index (χ2v) is 9.46. The van der Waals surface area contributed by atoms with E-state index in [1.165, 1.54) is 29.4 Å². The van der Waals surface area contributed by atoms with Gasteiger partial charge in [0.15, 0.2) is 6.61 Å². The maximum absolute atomic E-state index is 12.6. The number of hydrogen-bond donors (Lipinski definition) is 1. The van der Waals surface area contributed by atoms with E-state index in [-0.39, 0.29) is 5.75 Å². The Kier molecular flexibility index (Phi) is 9.20. The van der Waals surface area contributed by atoms with Crippen LogP contribution in [-0.4, -0.2) is 73.7 Å². The van der Waals surface area contributed by atoms with Crippen LogP contribution in [0, 0.1) is 0 Å². The Bertz CT molecular complexity index is 1200. The molecule has 1 N–H and O–H groups in total. The van der Waals surface area contributed by atoms with E-state index in [1.807, 2.05) is 31.4 Å². The number of morpholine rings is 1. The normalized spacial score (nSPS) is 13.4. The van der Waals surface area contributed by atoms with Crippen molar-refractivity contribution in [3.8, 4) is 11.5 Å².